The van der Waals surface area contributed by atoms with Crippen LogP contribution in [0.3, 0.4) is 0 Å². The Morgan fingerprint density at radius 1 is 1.35 bits per heavy atom. The number of aryl methyl sites for hydroxylation is 1. The number of hydrogen-bond donors (Lipinski definition) is 1. The Bertz CT molecular complexity index is 729. The lowest BCUT2D eigenvalue weighted by Gasteiger charge is -2.30. The van der Waals surface area contributed by atoms with Crippen LogP contribution < -0.4 is 5.32 Å². The SMILES string of the molecule is Cc1cc(NC(C)C(=O)N2CCOCC2)c2cc(F)ccc2n1. The summed E-state index contributed by atoms with van der Waals surface area (Å²) in [5, 5.41) is 3.89. The number of morpholine rings is 1. The van der Waals surface area contributed by atoms with Gasteiger partial charge in [0.25, 0.3) is 0 Å². The van der Waals surface area contributed by atoms with Crippen molar-refractivity contribution in [3.63, 3.8) is 0 Å². The van der Waals surface area contributed by atoms with Gasteiger partial charge in [0.1, 0.15) is 11.9 Å². The summed E-state index contributed by atoms with van der Waals surface area (Å²) in [4.78, 5) is 18.7. The normalized spacial score (nSPS) is 16.4. The molecule has 6 heteroatoms. The summed E-state index contributed by atoms with van der Waals surface area (Å²) in [6.45, 7) is 6.05. The highest BCUT2D eigenvalue weighted by molar-refractivity contribution is 5.94. The van der Waals surface area contributed by atoms with Crippen LogP contribution in [0.2, 0.25) is 0 Å². The number of halogens is 1. The summed E-state index contributed by atoms with van der Waals surface area (Å²) in [6.07, 6.45) is 0. The first-order valence-electron chi connectivity index (χ1n) is 7.74. The van der Waals surface area contributed by atoms with E-state index in [2.05, 4.69) is 10.3 Å². The average Bonchev–Trinajstić information content (AvgIpc) is 2.55. The number of amides is 1. The predicted molar refractivity (Wildman–Crippen MR) is 86.9 cm³/mol. The largest absolute Gasteiger partial charge is 0.378 e. The number of hydrogen-bond acceptors (Lipinski definition) is 4. The molecule has 1 fully saturated rings. The van der Waals surface area contributed by atoms with E-state index in [4.69, 9.17) is 4.74 Å². The molecule has 1 saturated heterocycles. The quantitative estimate of drug-likeness (QED) is 0.944. The standard InChI is InChI=1S/C17H20FN3O2/c1-11-9-16(14-10-13(18)3-4-15(14)19-11)20-12(2)17(22)21-5-7-23-8-6-21/h3-4,9-10,12H,5-8H2,1-2H3,(H,19,20). The van der Waals surface area contributed by atoms with Crippen LogP contribution in [0.25, 0.3) is 10.9 Å². The van der Waals surface area contributed by atoms with E-state index in [1.807, 2.05) is 19.9 Å². The molecule has 1 unspecified atom stereocenters. The molecule has 1 aliphatic heterocycles. The van der Waals surface area contributed by atoms with Gasteiger partial charge in [0.2, 0.25) is 5.91 Å². The fourth-order valence-corrected chi connectivity index (χ4v) is 2.80. The maximum atomic E-state index is 13.6. The second-order valence-corrected chi connectivity index (χ2v) is 5.78. The lowest BCUT2D eigenvalue weighted by molar-refractivity contribution is -0.135. The molecule has 5 nitrogen and oxygen atoms in total. The number of fused-ring (bicyclic) bond motifs is 1. The van der Waals surface area contributed by atoms with E-state index < -0.39 is 6.04 Å². The van der Waals surface area contributed by atoms with Crippen LogP contribution in [0.1, 0.15) is 12.6 Å². The van der Waals surface area contributed by atoms with E-state index in [0.717, 1.165) is 11.4 Å². The number of aromatic nitrogens is 1. The van der Waals surface area contributed by atoms with E-state index in [0.29, 0.717) is 37.2 Å². The van der Waals surface area contributed by atoms with Crippen molar-refractivity contribution in [3.05, 3.63) is 35.8 Å². The number of ether oxygens (including phenoxy) is 1. The molecule has 122 valence electrons. The Labute approximate surface area is 134 Å². The van der Waals surface area contributed by atoms with Crippen molar-refractivity contribution >= 4 is 22.5 Å². The minimum atomic E-state index is -0.402. The molecule has 2 heterocycles. The molecule has 1 aromatic heterocycles. The topological polar surface area (TPSA) is 54.5 Å². The second kappa shape index (κ2) is 6.50. The number of anilines is 1. The van der Waals surface area contributed by atoms with Gasteiger partial charge in [0, 0.05) is 29.9 Å². The van der Waals surface area contributed by atoms with Crippen molar-refractivity contribution < 1.29 is 13.9 Å². The van der Waals surface area contributed by atoms with Gasteiger partial charge in [-0.3, -0.25) is 9.78 Å². The zero-order chi connectivity index (χ0) is 16.4. The van der Waals surface area contributed by atoms with Crippen molar-refractivity contribution in [2.45, 2.75) is 19.9 Å². The number of pyridine rings is 1. The van der Waals surface area contributed by atoms with Gasteiger partial charge in [-0.1, -0.05) is 0 Å². The molecule has 23 heavy (non-hydrogen) atoms. The van der Waals surface area contributed by atoms with Crippen LogP contribution in [0, 0.1) is 12.7 Å². The van der Waals surface area contributed by atoms with Crippen molar-refractivity contribution in [2.24, 2.45) is 0 Å². The van der Waals surface area contributed by atoms with Crippen LogP contribution in [-0.2, 0) is 9.53 Å². The fourth-order valence-electron chi connectivity index (χ4n) is 2.80. The predicted octanol–water partition coefficient (Wildman–Crippen LogP) is 2.34. The van der Waals surface area contributed by atoms with E-state index in [1.54, 1.807) is 11.0 Å². The smallest absolute Gasteiger partial charge is 0.244 e. The van der Waals surface area contributed by atoms with E-state index >= 15 is 0 Å². The summed E-state index contributed by atoms with van der Waals surface area (Å²) in [5.41, 5.74) is 2.25. The number of carbonyl (C=O) groups excluding carboxylic acids is 1. The summed E-state index contributed by atoms with van der Waals surface area (Å²) in [5.74, 6) is -0.300. The Hall–Kier alpha value is -2.21. The van der Waals surface area contributed by atoms with Gasteiger partial charge in [-0.2, -0.15) is 0 Å². The molecule has 1 aromatic carbocycles. The average molecular weight is 317 g/mol. The number of nitrogens with one attached hydrogen (secondary N) is 1. The summed E-state index contributed by atoms with van der Waals surface area (Å²) >= 11 is 0. The van der Waals surface area contributed by atoms with Gasteiger partial charge in [-0.25, -0.2) is 4.39 Å². The van der Waals surface area contributed by atoms with Crippen molar-refractivity contribution in [1.82, 2.24) is 9.88 Å². The first-order chi connectivity index (χ1) is 11.0. The number of rotatable bonds is 3. The third-order valence-electron chi connectivity index (χ3n) is 3.96. The molecule has 1 amide bonds. The Balaban J connectivity index is 1.85. The second-order valence-electron chi connectivity index (χ2n) is 5.78. The van der Waals surface area contributed by atoms with E-state index in [9.17, 15) is 9.18 Å². The minimum absolute atomic E-state index is 0.0207. The Morgan fingerprint density at radius 2 is 2.09 bits per heavy atom. The molecule has 1 aliphatic rings. The van der Waals surface area contributed by atoms with Crippen LogP contribution in [0.4, 0.5) is 10.1 Å². The lowest BCUT2D eigenvalue weighted by Crippen LogP contribution is -2.47. The molecule has 1 atom stereocenters. The van der Waals surface area contributed by atoms with Crippen LogP contribution in [0.5, 0.6) is 0 Å². The zero-order valence-corrected chi connectivity index (χ0v) is 13.3. The molecule has 1 N–H and O–H groups in total. The van der Waals surface area contributed by atoms with Crippen LogP contribution in [-0.4, -0.2) is 48.1 Å². The zero-order valence-electron chi connectivity index (χ0n) is 13.3. The van der Waals surface area contributed by atoms with E-state index in [-0.39, 0.29) is 11.7 Å². The highest BCUT2D eigenvalue weighted by Gasteiger charge is 2.22. The third kappa shape index (κ3) is 3.42. The molecular formula is C17H20FN3O2. The Morgan fingerprint density at radius 3 is 2.83 bits per heavy atom. The fraction of sp³-hybridized carbons (Fsp3) is 0.412. The Kier molecular flexibility index (Phi) is 4.43. The molecule has 0 radical (unpaired) electrons. The van der Waals surface area contributed by atoms with Crippen molar-refractivity contribution in [1.29, 1.82) is 0 Å². The molecular weight excluding hydrogens is 297 g/mol. The van der Waals surface area contributed by atoms with Crippen LogP contribution in [0.15, 0.2) is 24.3 Å². The summed E-state index contributed by atoms with van der Waals surface area (Å²) in [6, 6.07) is 5.92. The van der Waals surface area contributed by atoms with E-state index in [1.165, 1.54) is 12.1 Å². The van der Waals surface area contributed by atoms with Gasteiger partial charge in [-0.05, 0) is 38.1 Å². The van der Waals surface area contributed by atoms with Gasteiger partial charge in [0.15, 0.2) is 0 Å². The first-order valence-corrected chi connectivity index (χ1v) is 7.74. The molecule has 0 spiro atoms. The number of nitrogens with zero attached hydrogens (tertiary/aromatic N) is 2. The number of carbonyl (C=O) groups is 1. The van der Waals surface area contributed by atoms with Gasteiger partial charge >= 0.3 is 0 Å². The number of benzene rings is 1. The van der Waals surface area contributed by atoms with Crippen molar-refractivity contribution in [3.8, 4) is 0 Å². The monoisotopic (exact) mass is 317 g/mol. The lowest BCUT2D eigenvalue weighted by atomic mass is 10.1. The van der Waals surface area contributed by atoms with Gasteiger partial charge in [0.05, 0.1) is 18.7 Å². The maximum absolute atomic E-state index is 13.6. The highest BCUT2D eigenvalue weighted by atomic mass is 19.1. The molecule has 0 aliphatic carbocycles. The summed E-state index contributed by atoms with van der Waals surface area (Å²) in [7, 11) is 0. The summed E-state index contributed by atoms with van der Waals surface area (Å²) < 4.78 is 18.8. The molecule has 0 bridgehead atoms. The highest BCUT2D eigenvalue weighted by Crippen LogP contribution is 2.25. The minimum Gasteiger partial charge on any atom is -0.378 e. The first kappa shape index (κ1) is 15.7. The maximum Gasteiger partial charge on any atom is 0.244 e. The molecule has 2 aromatic rings. The van der Waals surface area contributed by atoms with Gasteiger partial charge in [-0.15, -0.1) is 0 Å². The van der Waals surface area contributed by atoms with Crippen LogP contribution >= 0.6 is 0 Å². The molecule has 0 saturated carbocycles. The van der Waals surface area contributed by atoms with Crippen molar-refractivity contribution in [2.75, 3.05) is 31.6 Å². The van der Waals surface area contributed by atoms with Gasteiger partial charge < -0.3 is 15.0 Å². The molecule has 3 rings (SSSR count). The third-order valence-corrected chi connectivity index (χ3v) is 3.96.